The van der Waals surface area contributed by atoms with Crippen molar-refractivity contribution in [1.82, 2.24) is 4.31 Å². The highest BCUT2D eigenvalue weighted by Gasteiger charge is 2.34. The van der Waals surface area contributed by atoms with Gasteiger partial charge in [0, 0.05) is 6.54 Å². The van der Waals surface area contributed by atoms with Crippen LogP contribution < -0.4 is 4.74 Å². The maximum absolute atomic E-state index is 13.0. The molecule has 0 aliphatic carbocycles. The van der Waals surface area contributed by atoms with E-state index in [-0.39, 0.29) is 30.4 Å². The van der Waals surface area contributed by atoms with E-state index in [0.717, 1.165) is 4.31 Å². The summed E-state index contributed by atoms with van der Waals surface area (Å²) in [5.41, 5.74) is 0. The zero-order chi connectivity index (χ0) is 16.2. The molecular weight excluding hydrogens is 317 g/mol. The summed E-state index contributed by atoms with van der Waals surface area (Å²) >= 11 is 0. The van der Waals surface area contributed by atoms with Crippen molar-refractivity contribution in [3.63, 3.8) is 0 Å². The molecule has 0 bridgehead atoms. The lowest BCUT2D eigenvalue weighted by Crippen LogP contribution is -2.49. The number of alkyl halides is 1. The van der Waals surface area contributed by atoms with E-state index in [1.807, 2.05) is 0 Å². The molecule has 0 saturated carbocycles. The third-order valence-electron chi connectivity index (χ3n) is 3.14. The SMILES string of the molecule is O=C(O)COc1ccc(S(=O)(=O)N2CCOCC2CF)cc1. The molecule has 1 aromatic rings. The molecule has 0 amide bonds. The molecule has 122 valence electrons. The number of hydrogen-bond acceptors (Lipinski definition) is 5. The van der Waals surface area contributed by atoms with Crippen LogP contribution in [0, 0.1) is 0 Å². The number of rotatable bonds is 6. The number of carboxylic acids is 1. The summed E-state index contributed by atoms with van der Waals surface area (Å²) in [6, 6.07) is 4.50. The number of carboxylic acid groups (broad SMARTS) is 1. The van der Waals surface area contributed by atoms with Gasteiger partial charge in [-0.25, -0.2) is 17.6 Å². The number of nitrogens with zero attached hydrogens (tertiary/aromatic N) is 1. The molecule has 1 aromatic carbocycles. The van der Waals surface area contributed by atoms with Gasteiger partial charge in [-0.2, -0.15) is 4.31 Å². The molecule has 1 N–H and O–H groups in total. The molecule has 0 spiro atoms. The molecule has 0 aromatic heterocycles. The van der Waals surface area contributed by atoms with E-state index in [1.54, 1.807) is 0 Å². The summed E-state index contributed by atoms with van der Waals surface area (Å²) in [5, 5.41) is 8.51. The summed E-state index contributed by atoms with van der Waals surface area (Å²) in [6.07, 6.45) is 0. The fraction of sp³-hybridized carbons (Fsp3) is 0.462. The van der Waals surface area contributed by atoms with E-state index in [0.29, 0.717) is 0 Å². The quantitative estimate of drug-likeness (QED) is 0.815. The topological polar surface area (TPSA) is 93.1 Å². The minimum absolute atomic E-state index is 0.00414. The number of morpholine rings is 1. The lowest BCUT2D eigenvalue weighted by atomic mass is 10.3. The van der Waals surface area contributed by atoms with Gasteiger partial charge in [-0.15, -0.1) is 0 Å². The largest absolute Gasteiger partial charge is 0.482 e. The highest BCUT2D eigenvalue weighted by atomic mass is 32.2. The van der Waals surface area contributed by atoms with Crippen molar-refractivity contribution >= 4 is 16.0 Å². The van der Waals surface area contributed by atoms with Gasteiger partial charge >= 0.3 is 5.97 Å². The minimum Gasteiger partial charge on any atom is -0.482 e. The fourth-order valence-electron chi connectivity index (χ4n) is 2.07. The Balaban J connectivity index is 2.16. The molecule has 2 rings (SSSR count). The van der Waals surface area contributed by atoms with Crippen molar-refractivity contribution in [2.24, 2.45) is 0 Å². The van der Waals surface area contributed by atoms with Gasteiger partial charge in [0.1, 0.15) is 12.4 Å². The van der Waals surface area contributed by atoms with Gasteiger partial charge in [-0.3, -0.25) is 0 Å². The Hall–Kier alpha value is -1.71. The van der Waals surface area contributed by atoms with Crippen LogP contribution in [-0.2, 0) is 19.6 Å². The Morgan fingerprint density at radius 2 is 2.09 bits per heavy atom. The van der Waals surface area contributed by atoms with Crippen molar-refractivity contribution in [3.8, 4) is 5.75 Å². The van der Waals surface area contributed by atoms with E-state index in [9.17, 15) is 17.6 Å². The van der Waals surface area contributed by atoms with Gasteiger partial charge < -0.3 is 14.6 Å². The van der Waals surface area contributed by atoms with Crippen LogP contribution in [0.3, 0.4) is 0 Å². The molecule has 1 aliphatic heterocycles. The van der Waals surface area contributed by atoms with Crippen molar-refractivity contribution in [3.05, 3.63) is 24.3 Å². The number of aliphatic carboxylic acids is 1. The number of hydrogen-bond donors (Lipinski definition) is 1. The van der Waals surface area contributed by atoms with Crippen LogP contribution in [0.2, 0.25) is 0 Å². The smallest absolute Gasteiger partial charge is 0.341 e. The zero-order valence-electron chi connectivity index (χ0n) is 11.6. The van der Waals surface area contributed by atoms with E-state index >= 15 is 0 Å². The minimum atomic E-state index is -3.83. The van der Waals surface area contributed by atoms with Crippen LogP contribution in [0.15, 0.2) is 29.2 Å². The monoisotopic (exact) mass is 333 g/mol. The third-order valence-corrected chi connectivity index (χ3v) is 5.11. The normalized spacial score (nSPS) is 19.8. The lowest BCUT2D eigenvalue weighted by molar-refractivity contribution is -0.139. The van der Waals surface area contributed by atoms with Gasteiger partial charge in [0.2, 0.25) is 10.0 Å². The van der Waals surface area contributed by atoms with E-state index in [2.05, 4.69) is 0 Å². The molecule has 1 heterocycles. The molecule has 22 heavy (non-hydrogen) atoms. The van der Waals surface area contributed by atoms with Crippen LogP contribution in [0.4, 0.5) is 4.39 Å². The van der Waals surface area contributed by atoms with Crippen LogP contribution in [0.1, 0.15) is 0 Å². The zero-order valence-corrected chi connectivity index (χ0v) is 12.5. The second-order valence-corrected chi connectivity index (χ2v) is 6.54. The first-order valence-corrected chi connectivity index (χ1v) is 7.99. The van der Waals surface area contributed by atoms with Crippen LogP contribution in [-0.4, -0.2) is 62.9 Å². The average molecular weight is 333 g/mol. The third kappa shape index (κ3) is 3.73. The summed E-state index contributed by atoms with van der Waals surface area (Å²) in [5.74, 6) is -0.888. The number of sulfonamides is 1. The molecule has 1 unspecified atom stereocenters. The van der Waals surface area contributed by atoms with Crippen LogP contribution >= 0.6 is 0 Å². The maximum Gasteiger partial charge on any atom is 0.341 e. The summed E-state index contributed by atoms with van der Waals surface area (Å²) < 4.78 is 49.1. The number of ether oxygens (including phenoxy) is 2. The lowest BCUT2D eigenvalue weighted by Gasteiger charge is -2.32. The van der Waals surface area contributed by atoms with Crippen LogP contribution in [0.25, 0.3) is 0 Å². The van der Waals surface area contributed by atoms with E-state index in [4.69, 9.17) is 14.6 Å². The van der Waals surface area contributed by atoms with Gasteiger partial charge in [-0.05, 0) is 24.3 Å². The predicted molar refractivity (Wildman–Crippen MR) is 74.0 cm³/mol. The molecule has 7 nitrogen and oxygen atoms in total. The molecular formula is C13H16FNO6S. The Bertz CT molecular complexity index is 618. The molecule has 1 saturated heterocycles. The Kier molecular flexibility index (Phi) is 5.33. The van der Waals surface area contributed by atoms with Gasteiger partial charge in [0.25, 0.3) is 0 Å². The summed E-state index contributed by atoms with van der Waals surface area (Å²) in [7, 11) is -3.83. The Labute approximate surface area is 127 Å². The standard InChI is InChI=1S/C13H16FNO6S/c14-7-10-8-20-6-5-15(10)22(18,19)12-3-1-11(2-4-12)21-9-13(16)17/h1-4,10H,5-9H2,(H,16,17). The highest BCUT2D eigenvalue weighted by molar-refractivity contribution is 7.89. The number of carbonyl (C=O) groups is 1. The molecule has 1 atom stereocenters. The van der Waals surface area contributed by atoms with Crippen LogP contribution in [0.5, 0.6) is 5.75 Å². The predicted octanol–water partition coefficient (Wildman–Crippen LogP) is 0.509. The van der Waals surface area contributed by atoms with Crippen molar-refractivity contribution in [2.45, 2.75) is 10.9 Å². The van der Waals surface area contributed by atoms with Crippen molar-refractivity contribution in [1.29, 1.82) is 0 Å². The second kappa shape index (κ2) is 7.03. The van der Waals surface area contributed by atoms with Gasteiger partial charge in [0.15, 0.2) is 6.61 Å². The molecule has 1 aliphatic rings. The summed E-state index contributed by atoms with van der Waals surface area (Å²) in [4.78, 5) is 10.4. The van der Waals surface area contributed by atoms with Crippen molar-refractivity contribution in [2.75, 3.05) is 33.0 Å². The number of halogens is 1. The highest BCUT2D eigenvalue weighted by Crippen LogP contribution is 2.23. The van der Waals surface area contributed by atoms with E-state index in [1.165, 1.54) is 24.3 Å². The number of benzene rings is 1. The second-order valence-electron chi connectivity index (χ2n) is 4.65. The first-order chi connectivity index (χ1) is 10.4. The molecule has 0 radical (unpaired) electrons. The molecule has 1 fully saturated rings. The molecule has 9 heteroatoms. The average Bonchev–Trinajstić information content (AvgIpc) is 2.53. The van der Waals surface area contributed by atoms with Gasteiger partial charge in [0.05, 0.1) is 24.2 Å². The Morgan fingerprint density at radius 3 is 2.68 bits per heavy atom. The van der Waals surface area contributed by atoms with Gasteiger partial charge in [-0.1, -0.05) is 0 Å². The Morgan fingerprint density at radius 1 is 1.41 bits per heavy atom. The fourth-order valence-corrected chi connectivity index (χ4v) is 3.64. The first-order valence-electron chi connectivity index (χ1n) is 6.55. The first kappa shape index (κ1) is 16.7. The van der Waals surface area contributed by atoms with E-state index < -0.39 is 35.3 Å². The maximum atomic E-state index is 13.0. The summed E-state index contributed by atoms with van der Waals surface area (Å²) in [6.45, 7) is -1.00. The van der Waals surface area contributed by atoms with Crippen molar-refractivity contribution < 1.29 is 32.2 Å².